The van der Waals surface area contributed by atoms with Crippen molar-refractivity contribution < 1.29 is 4.79 Å². The van der Waals surface area contributed by atoms with Crippen LogP contribution in [0.1, 0.15) is 96.3 Å². The van der Waals surface area contributed by atoms with Gasteiger partial charge in [0.25, 0.3) is 0 Å². The zero-order valence-electron chi connectivity index (χ0n) is 14.8. The van der Waals surface area contributed by atoms with Crippen LogP contribution in [0.2, 0.25) is 0 Å². The van der Waals surface area contributed by atoms with Crippen molar-refractivity contribution in [1.29, 1.82) is 0 Å². The summed E-state index contributed by atoms with van der Waals surface area (Å²) < 4.78 is 0. The monoisotopic (exact) mass is 323 g/mol. The number of nitrogens with one attached hydrogen (secondary N) is 2. The Kier molecular flexibility index (Phi) is 8.80. The Morgan fingerprint density at radius 2 is 0.957 bits per heavy atom. The van der Waals surface area contributed by atoms with Gasteiger partial charge in [-0.25, -0.2) is 4.79 Å². The minimum atomic E-state index is 0.0683. The molecule has 4 nitrogen and oxygen atoms in total. The van der Waals surface area contributed by atoms with Gasteiger partial charge >= 0.3 is 6.03 Å². The molecule has 3 rings (SSSR count). The van der Waals surface area contributed by atoms with Crippen LogP contribution in [0.15, 0.2) is 0 Å². The van der Waals surface area contributed by atoms with Gasteiger partial charge in [-0.1, -0.05) is 57.8 Å². The summed E-state index contributed by atoms with van der Waals surface area (Å²) in [6.07, 6.45) is 19.1. The molecule has 0 aromatic carbocycles. The summed E-state index contributed by atoms with van der Waals surface area (Å²) in [5.74, 6) is 0. The van der Waals surface area contributed by atoms with E-state index in [0.717, 1.165) is 25.7 Å². The zero-order chi connectivity index (χ0) is 16.3. The van der Waals surface area contributed by atoms with Crippen LogP contribution in [0.3, 0.4) is 0 Å². The van der Waals surface area contributed by atoms with Crippen LogP contribution in [0, 0.1) is 0 Å². The van der Waals surface area contributed by atoms with Crippen LogP contribution in [0.5, 0.6) is 0 Å². The Morgan fingerprint density at radius 3 is 1.26 bits per heavy atom. The van der Waals surface area contributed by atoms with Crippen molar-refractivity contribution in [3.63, 3.8) is 0 Å². The smallest absolute Gasteiger partial charge is 0.315 e. The number of hydrogen-bond acceptors (Lipinski definition) is 2. The number of nitrogens with two attached hydrogens (primary N) is 1. The molecular formula is C19H37N3O. The largest absolute Gasteiger partial charge is 0.335 e. The molecule has 3 saturated carbocycles. The fourth-order valence-electron chi connectivity index (χ4n) is 4.04. The number of amides is 2. The highest BCUT2D eigenvalue weighted by Gasteiger charge is 2.19. The third-order valence-corrected chi connectivity index (χ3v) is 5.53. The van der Waals surface area contributed by atoms with Crippen LogP contribution < -0.4 is 16.4 Å². The molecule has 3 fully saturated rings. The van der Waals surface area contributed by atoms with E-state index in [-0.39, 0.29) is 6.03 Å². The molecule has 0 bridgehead atoms. The van der Waals surface area contributed by atoms with Gasteiger partial charge in [0.1, 0.15) is 0 Å². The molecule has 0 aromatic rings. The van der Waals surface area contributed by atoms with Gasteiger partial charge in [-0.15, -0.1) is 0 Å². The van der Waals surface area contributed by atoms with Gasteiger partial charge in [0.05, 0.1) is 0 Å². The van der Waals surface area contributed by atoms with Crippen molar-refractivity contribution in [3.8, 4) is 0 Å². The Hall–Kier alpha value is -0.770. The molecule has 3 aliphatic carbocycles. The van der Waals surface area contributed by atoms with Gasteiger partial charge in [-0.3, -0.25) is 0 Å². The molecular weight excluding hydrogens is 286 g/mol. The van der Waals surface area contributed by atoms with E-state index in [2.05, 4.69) is 10.6 Å². The quantitative estimate of drug-likeness (QED) is 0.712. The average Bonchev–Trinajstić information content (AvgIpc) is 2.58. The highest BCUT2D eigenvalue weighted by atomic mass is 16.2. The van der Waals surface area contributed by atoms with Gasteiger partial charge < -0.3 is 16.4 Å². The van der Waals surface area contributed by atoms with E-state index in [9.17, 15) is 4.79 Å². The maximum Gasteiger partial charge on any atom is 0.315 e. The first kappa shape index (κ1) is 18.6. The fraction of sp³-hybridized carbons (Fsp3) is 0.947. The standard InChI is InChI=1S/C13H24N2O.C6H13N/c16-13(14-11-7-3-1-4-8-11)15-12-9-5-2-6-10-12;7-6-4-2-1-3-5-6/h11-12H,1-10H2,(H2,14,15,16);6H,1-5,7H2. The molecule has 0 radical (unpaired) electrons. The lowest BCUT2D eigenvalue weighted by Gasteiger charge is -2.26. The number of rotatable bonds is 2. The van der Waals surface area contributed by atoms with E-state index in [1.54, 1.807) is 0 Å². The lowest BCUT2D eigenvalue weighted by Crippen LogP contribution is -2.47. The molecule has 0 heterocycles. The third-order valence-electron chi connectivity index (χ3n) is 5.53. The predicted octanol–water partition coefficient (Wildman–Crippen LogP) is 4.23. The Labute approximate surface area is 142 Å². The maximum absolute atomic E-state index is 11.8. The van der Waals surface area contributed by atoms with Gasteiger partial charge in [-0.05, 0) is 38.5 Å². The second kappa shape index (κ2) is 10.9. The molecule has 4 N–H and O–H groups in total. The highest BCUT2D eigenvalue weighted by molar-refractivity contribution is 5.74. The van der Waals surface area contributed by atoms with Crippen molar-refractivity contribution in [3.05, 3.63) is 0 Å². The molecule has 0 unspecified atom stereocenters. The van der Waals surface area contributed by atoms with Crippen LogP contribution in [0.4, 0.5) is 4.79 Å². The summed E-state index contributed by atoms with van der Waals surface area (Å²) in [5, 5.41) is 6.23. The van der Waals surface area contributed by atoms with Crippen LogP contribution in [0.25, 0.3) is 0 Å². The second-order valence-corrected chi connectivity index (χ2v) is 7.69. The summed E-state index contributed by atoms with van der Waals surface area (Å²) >= 11 is 0. The number of carbonyl (C=O) groups is 1. The number of carbonyl (C=O) groups excluding carboxylic acids is 1. The molecule has 134 valence electrons. The molecule has 0 aromatic heterocycles. The first-order valence-electron chi connectivity index (χ1n) is 10.1. The van der Waals surface area contributed by atoms with Gasteiger partial charge in [0, 0.05) is 18.1 Å². The van der Waals surface area contributed by atoms with Crippen molar-refractivity contribution >= 4 is 6.03 Å². The van der Waals surface area contributed by atoms with Crippen LogP contribution in [-0.2, 0) is 0 Å². The van der Waals surface area contributed by atoms with E-state index in [1.807, 2.05) is 0 Å². The Morgan fingerprint density at radius 1 is 0.609 bits per heavy atom. The van der Waals surface area contributed by atoms with E-state index >= 15 is 0 Å². The molecule has 0 aliphatic heterocycles. The number of hydrogen-bond donors (Lipinski definition) is 3. The molecule has 0 atom stereocenters. The van der Waals surface area contributed by atoms with Gasteiger partial charge in [0.2, 0.25) is 0 Å². The van der Waals surface area contributed by atoms with Crippen molar-refractivity contribution in [1.82, 2.24) is 10.6 Å². The summed E-state index contributed by atoms with van der Waals surface area (Å²) in [4.78, 5) is 11.8. The second-order valence-electron chi connectivity index (χ2n) is 7.69. The van der Waals surface area contributed by atoms with Crippen LogP contribution in [-0.4, -0.2) is 24.2 Å². The SMILES string of the molecule is NC1CCCCC1.O=C(NC1CCCCC1)NC1CCCCC1. The first-order chi connectivity index (χ1) is 11.2. The van der Waals surface area contributed by atoms with Crippen LogP contribution >= 0.6 is 0 Å². The Balaban J connectivity index is 0.000000229. The van der Waals surface area contributed by atoms with Crippen molar-refractivity contribution in [2.75, 3.05) is 0 Å². The normalized spacial score (nSPS) is 24.4. The number of urea groups is 1. The lowest BCUT2D eigenvalue weighted by atomic mass is 9.95. The summed E-state index contributed by atoms with van der Waals surface area (Å²) in [7, 11) is 0. The molecule has 3 aliphatic rings. The van der Waals surface area contributed by atoms with Crippen molar-refractivity contribution in [2.24, 2.45) is 5.73 Å². The zero-order valence-corrected chi connectivity index (χ0v) is 14.8. The van der Waals surface area contributed by atoms with E-state index in [4.69, 9.17) is 5.73 Å². The molecule has 0 saturated heterocycles. The van der Waals surface area contributed by atoms with Crippen molar-refractivity contribution in [2.45, 2.75) is 114 Å². The van der Waals surface area contributed by atoms with E-state index in [0.29, 0.717) is 18.1 Å². The van der Waals surface area contributed by atoms with Gasteiger partial charge in [0.15, 0.2) is 0 Å². The summed E-state index contributed by atoms with van der Waals surface area (Å²) in [6, 6.07) is 1.46. The Bertz CT molecular complexity index is 295. The minimum Gasteiger partial charge on any atom is -0.335 e. The minimum absolute atomic E-state index is 0.0683. The van der Waals surface area contributed by atoms with E-state index in [1.165, 1.54) is 70.6 Å². The molecule has 2 amide bonds. The summed E-state index contributed by atoms with van der Waals surface area (Å²) in [5.41, 5.74) is 5.63. The highest BCUT2D eigenvalue weighted by Crippen LogP contribution is 2.19. The van der Waals surface area contributed by atoms with Gasteiger partial charge in [-0.2, -0.15) is 0 Å². The molecule has 0 spiro atoms. The summed E-state index contributed by atoms with van der Waals surface area (Å²) in [6.45, 7) is 0. The third kappa shape index (κ3) is 8.05. The topological polar surface area (TPSA) is 67.2 Å². The average molecular weight is 324 g/mol. The fourth-order valence-corrected chi connectivity index (χ4v) is 4.04. The first-order valence-corrected chi connectivity index (χ1v) is 10.1. The lowest BCUT2D eigenvalue weighted by molar-refractivity contribution is 0.224. The maximum atomic E-state index is 11.8. The molecule has 23 heavy (non-hydrogen) atoms. The molecule has 4 heteroatoms. The predicted molar refractivity (Wildman–Crippen MR) is 96.5 cm³/mol. The van der Waals surface area contributed by atoms with E-state index < -0.39 is 0 Å².